The molecule has 1 N–H and O–H groups in total. The highest BCUT2D eigenvalue weighted by atomic mass is 35.5. The molecule has 0 aromatic heterocycles. The van der Waals surface area contributed by atoms with Gasteiger partial charge in [-0.05, 0) is 48.9 Å². The second-order valence-electron chi connectivity index (χ2n) is 6.69. The molecule has 3 aromatic rings. The zero-order chi connectivity index (χ0) is 20.4. The number of halogens is 1. The second-order valence-corrected chi connectivity index (χ2v) is 7.12. The van der Waals surface area contributed by atoms with Crippen LogP contribution in [0.15, 0.2) is 66.7 Å². The summed E-state index contributed by atoms with van der Waals surface area (Å²) < 4.78 is 6.03. The van der Waals surface area contributed by atoms with Gasteiger partial charge in [-0.1, -0.05) is 35.9 Å². The molecule has 146 valence electrons. The van der Waals surface area contributed by atoms with Crippen LogP contribution in [-0.2, 0) is 11.2 Å². The van der Waals surface area contributed by atoms with Gasteiger partial charge in [-0.15, -0.1) is 0 Å². The van der Waals surface area contributed by atoms with E-state index in [0.717, 1.165) is 5.56 Å². The summed E-state index contributed by atoms with van der Waals surface area (Å²) in [4.78, 5) is 27.0. The van der Waals surface area contributed by atoms with Crippen molar-refractivity contribution in [2.45, 2.75) is 13.3 Å². The Balaban J connectivity index is 1.60. The molecule has 5 nitrogen and oxygen atoms in total. The van der Waals surface area contributed by atoms with Crippen LogP contribution in [0.5, 0.6) is 11.5 Å². The molecule has 0 bridgehead atoms. The Kier molecular flexibility index (Phi) is 5.23. The smallest absolute Gasteiger partial charge is 0.262 e. The molecule has 0 fully saturated rings. The molecule has 0 saturated heterocycles. The lowest BCUT2D eigenvalue weighted by Gasteiger charge is -2.20. The molecule has 0 unspecified atom stereocenters. The molecular weight excluding hydrogens is 388 g/mol. The van der Waals surface area contributed by atoms with Crippen molar-refractivity contribution in [2.24, 2.45) is 0 Å². The first-order valence-corrected chi connectivity index (χ1v) is 9.70. The Bertz CT molecular complexity index is 1100. The second kappa shape index (κ2) is 7.97. The van der Waals surface area contributed by atoms with Crippen LogP contribution < -0.4 is 15.0 Å². The number of amides is 2. The number of rotatable bonds is 4. The highest BCUT2D eigenvalue weighted by molar-refractivity contribution is 6.30. The summed E-state index contributed by atoms with van der Waals surface area (Å²) in [5.41, 5.74) is 2.61. The molecule has 0 radical (unpaired) electrons. The van der Waals surface area contributed by atoms with Crippen molar-refractivity contribution in [2.75, 3.05) is 16.8 Å². The Morgan fingerprint density at radius 2 is 1.86 bits per heavy atom. The molecule has 0 atom stereocenters. The van der Waals surface area contributed by atoms with Gasteiger partial charge in [0.2, 0.25) is 5.91 Å². The van der Waals surface area contributed by atoms with Crippen LogP contribution in [0.4, 0.5) is 11.4 Å². The van der Waals surface area contributed by atoms with Crippen molar-refractivity contribution >= 4 is 34.8 Å². The number of para-hydroxylation sites is 1. The van der Waals surface area contributed by atoms with Crippen molar-refractivity contribution in [1.29, 1.82) is 0 Å². The number of nitrogens with one attached hydrogen (secondary N) is 1. The molecule has 29 heavy (non-hydrogen) atoms. The normalized spacial score (nSPS) is 12.5. The van der Waals surface area contributed by atoms with E-state index >= 15 is 0 Å². The molecule has 0 saturated carbocycles. The van der Waals surface area contributed by atoms with Crippen LogP contribution in [0.25, 0.3) is 0 Å². The summed E-state index contributed by atoms with van der Waals surface area (Å²) in [6.45, 7) is 2.42. The summed E-state index contributed by atoms with van der Waals surface area (Å²) in [7, 11) is 0. The van der Waals surface area contributed by atoms with Crippen LogP contribution in [-0.4, -0.2) is 18.4 Å². The SMILES string of the molecule is CCN1C(=O)c2ccccc2Oc2cc(NC(=O)Cc3cccc(Cl)c3)ccc21. The number of ether oxygens (including phenoxy) is 1. The third-order valence-corrected chi connectivity index (χ3v) is 4.92. The van der Waals surface area contributed by atoms with Gasteiger partial charge in [-0.3, -0.25) is 9.59 Å². The summed E-state index contributed by atoms with van der Waals surface area (Å²) in [6, 6.07) is 19.7. The Hall–Kier alpha value is -3.31. The topological polar surface area (TPSA) is 58.6 Å². The lowest BCUT2D eigenvalue weighted by atomic mass is 10.1. The zero-order valence-electron chi connectivity index (χ0n) is 15.8. The van der Waals surface area contributed by atoms with Crippen molar-refractivity contribution in [3.63, 3.8) is 0 Å². The van der Waals surface area contributed by atoms with E-state index in [1.54, 1.807) is 47.4 Å². The largest absolute Gasteiger partial charge is 0.454 e. The lowest BCUT2D eigenvalue weighted by molar-refractivity contribution is -0.115. The molecule has 4 rings (SSSR count). The average Bonchev–Trinajstić information content (AvgIpc) is 2.81. The van der Waals surface area contributed by atoms with Gasteiger partial charge in [0.25, 0.3) is 5.91 Å². The van der Waals surface area contributed by atoms with Crippen LogP contribution >= 0.6 is 11.6 Å². The van der Waals surface area contributed by atoms with Gasteiger partial charge in [0.05, 0.1) is 17.7 Å². The molecule has 0 aliphatic carbocycles. The molecule has 2 amide bonds. The molecular formula is C23H19ClN2O3. The Morgan fingerprint density at radius 1 is 1.03 bits per heavy atom. The molecule has 1 aliphatic heterocycles. The number of benzene rings is 3. The van der Waals surface area contributed by atoms with Gasteiger partial charge in [0.15, 0.2) is 5.75 Å². The monoisotopic (exact) mass is 406 g/mol. The van der Waals surface area contributed by atoms with Crippen molar-refractivity contribution in [3.8, 4) is 11.5 Å². The maximum absolute atomic E-state index is 12.9. The molecule has 6 heteroatoms. The number of anilines is 2. The summed E-state index contributed by atoms with van der Waals surface area (Å²) in [5, 5.41) is 3.48. The number of hydrogen-bond acceptors (Lipinski definition) is 3. The summed E-state index contributed by atoms with van der Waals surface area (Å²) in [5.74, 6) is 0.743. The molecule has 1 aliphatic rings. The zero-order valence-corrected chi connectivity index (χ0v) is 16.6. The van der Waals surface area contributed by atoms with E-state index in [0.29, 0.717) is 40.0 Å². The first kappa shape index (κ1) is 19.0. The van der Waals surface area contributed by atoms with Crippen LogP contribution in [0.2, 0.25) is 5.02 Å². The van der Waals surface area contributed by atoms with Crippen molar-refractivity contribution in [3.05, 3.63) is 82.9 Å². The fraction of sp³-hybridized carbons (Fsp3) is 0.130. The van der Waals surface area contributed by atoms with E-state index in [2.05, 4.69) is 5.32 Å². The van der Waals surface area contributed by atoms with Gasteiger partial charge in [-0.25, -0.2) is 0 Å². The molecule has 0 spiro atoms. The van der Waals surface area contributed by atoms with Crippen LogP contribution in [0.1, 0.15) is 22.8 Å². The van der Waals surface area contributed by atoms with E-state index < -0.39 is 0 Å². The van der Waals surface area contributed by atoms with Crippen LogP contribution in [0, 0.1) is 0 Å². The summed E-state index contributed by atoms with van der Waals surface area (Å²) in [6.07, 6.45) is 0.209. The third-order valence-electron chi connectivity index (χ3n) is 4.69. The number of fused-ring (bicyclic) bond motifs is 2. The van der Waals surface area contributed by atoms with Gasteiger partial charge >= 0.3 is 0 Å². The minimum atomic E-state index is -0.162. The lowest BCUT2D eigenvalue weighted by Crippen LogP contribution is -2.29. The van der Waals surface area contributed by atoms with E-state index in [4.69, 9.17) is 16.3 Å². The molecule has 3 aromatic carbocycles. The quantitative estimate of drug-likeness (QED) is 0.640. The maximum atomic E-state index is 12.9. The van der Waals surface area contributed by atoms with E-state index in [-0.39, 0.29) is 18.2 Å². The van der Waals surface area contributed by atoms with Gasteiger partial charge < -0.3 is 15.0 Å². The standard InChI is InChI=1S/C23H19ClN2O3/c1-2-26-19-11-10-17(25-22(27)13-15-6-5-7-16(24)12-15)14-21(19)29-20-9-4-3-8-18(20)23(26)28/h3-12,14H,2,13H2,1H3,(H,25,27). The first-order chi connectivity index (χ1) is 14.0. The fourth-order valence-corrected chi connectivity index (χ4v) is 3.57. The number of hydrogen-bond donors (Lipinski definition) is 1. The van der Waals surface area contributed by atoms with Crippen LogP contribution in [0.3, 0.4) is 0 Å². The van der Waals surface area contributed by atoms with E-state index in [1.165, 1.54) is 0 Å². The summed E-state index contributed by atoms with van der Waals surface area (Å²) >= 11 is 5.98. The van der Waals surface area contributed by atoms with Crippen molar-refractivity contribution in [1.82, 2.24) is 0 Å². The highest BCUT2D eigenvalue weighted by Gasteiger charge is 2.27. The van der Waals surface area contributed by atoms with Crippen molar-refractivity contribution < 1.29 is 14.3 Å². The highest BCUT2D eigenvalue weighted by Crippen LogP contribution is 2.40. The van der Waals surface area contributed by atoms with Gasteiger partial charge in [-0.2, -0.15) is 0 Å². The number of carbonyl (C=O) groups excluding carboxylic acids is 2. The Morgan fingerprint density at radius 3 is 2.66 bits per heavy atom. The maximum Gasteiger partial charge on any atom is 0.262 e. The third kappa shape index (κ3) is 3.96. The minimum absolute atomic E-state index is 0.111. The minimum Gasteiger partial charge on any atom is -0.454 e. The number of nitrogens with zero attached hydrogens (tertiary/aromatic N) is 1. The number of carbonyl (C=O) groups is 2. The molecule has 1 heterocycles. The predicted octanol–water partition coefficient (Wildman–Crippen LogP) is 5.29. The van der Waals surface area contributed by atoms with E-state index in [1.807, 2.05) is 31.2 Å². The Labute approximate surface area is 173 Å². The van der Waals surface area contributed by atoms with Gasteiger partial charge in [0, 0.05) is 23.3 Å². The van der Waals surface area contributed by atoms with E-state index in [9.17, 15) is 9.59 Å². The average molecular weight is 407 g/mol. The predicted molar refractivity (Wildman–Crippen MR) is 114 cm³/mol. The first-order valence-electron chi connectivity index (χ1n) is 9.32. The van der Waals surface area contributed by atoms with Gasteiger partial charge in [0.1, 0.15) is 5.75 Å². The fourth-order valence-electron chi connectivity index (χ4n) is 3.35.